The Morgan fingerprint density at radius 1 is 1.14 bits per heavy atom. The monoisotopic (exact) mass is 403 g/mol. The first-order chi connectivity index (χ1) is 13.4. The standard InChI is InChI=1S/C20H22ClN3O4/c1-23-12-14(19(26)24-9-3-2-4-10-24)11-17(20(23)27)22-18(25)13-28-16-7-5-15(21)6-8-16/h5-8,11-12H,2-4,9-10,13H2,1H3,(H,22,25). The number of piperidine rings is 1. The van der Waals surface area contributed by atoms with Gasteiger partial charge < -0.3 is 19.5 Å². The second-order valence-electron chi connectivity index (χ2n) is 6.70. The lowest BCUT2D eigenvalue weighted by Gasteiger charge is -2.27. The summed E-state index contributed by atoms with van der Waals surface area (Å²) >= 11 is 5.81. The average molecular weight is 404 g/mol. The maximum absolute atomic E-state index is 12.7. The molecule has 1 saturated heterocycles. The minimum absolute atomic E-state index is 0.0510. The minimum atomic E-state index is -0.491. The van der Waals surface area contributed by atoms with Crippen LogP contribution in [0.1, 0.15) is 29.6 Å². The van der Waals surface area contributed by atoms with Crippen LogP contribution in [0.2, 0.25) is 5.02 Å². The molecule has 3 rings (SSSR count). The zero-order valence-corrected chi connectivity index (χ0v) is 16.4. The van der Waals surface area contributed by atoms with Crippen LogP contribution in [0.3, 0.4) is 0 Å². The van der Waals surface area contributed by atoms with Crippen LogP contribution in [0.5, 0.6) is 5.75 Å². The number of amides is 2. The molecule has 1 aromatic heterocycles. The molecule has 0 radical (unpaired) electrons. The maximum atomic E-state index is 12.7. The van der Waals surface area contributed by atoms with Crippen molar-refractivity contribution in [3.8, 4) is 5.75 Å². The molecule has 8 heteroatoms. The van der Waals surface area contributed by atoms with Gasteiger partial charge in [-0.1, -0.05) is 11.6 Å². The van der Waals surface area contributed by atoms with Gasteiger partial charge in [0.05, 0.1) is 5.56 Å². The second-order valence-corrected chi connectivity index (χ2v) is 7.14. The number of likely N-dealkylation sites (tertiary alicyclic amines) is 1. The molecule has 1 N–H and O–H groups in total. The summed E-state index contributed by atoms with van der Waals surface area (Å²) in [7, 11) is 1.55. The number of hydrogen-bond donors (Lipinski definition) is 1. The summed E-state index contributed by atoms with van der Waals surface area (Å²) in [6, 6.07) is 8.03. The molecular formula is C20H22ClN3O4. The van der Waals surface area contributed by atoms with E-state index in [9.17, 15) is 14.4 Å². The first-order valence-corrected chi connectivity index (χ1v) is 9.50. The van der Waals surface area contributed by atoms with E-state index in [1.54, 1.807) is 36.2 Å². The Morgan fingerprint density at radius 3 is 2.50 bits per heavy atom. The van der Waals surface area contributed by atoms with Gasteiger partial charge in [-0.05, 0) is 49.6 Å². The Balaban J connectivity index is 1.69. The fourth-order valence-corrected chi connectivity index (χ4v) is 3.19. The second kappa shape index (κ2) is 8.93. The summed E-state index contributed by atoms with van der Waals surface area (Å²) in [6.45, 7) is 1.14. The number of carbonyl (C=O) groups is 2. The van der Waals surface area contributed by atoms with Gasteiger partial charge in [0.2, 0.25) is 0 Å². The summed E-state index contributed by atoms with van der Waals surface area (Å²) in [4.78, 5) is 39.0. The number of benzene rings is 1. The Morgan fingerprint density at radius 2 is 1.82 bits per heavy atom. The molecule has 1 aliphatic heterocycles. The fraction of sp³-hybridized carbons (Fsp3) is 0.350. The van der Waals surface area contributed by atoms with Crippen molar-refractivity contribution in [2.75, 3.05) is 25.0 Å². The van der Waals surface area contributed by atoms with E-state index in [-0.39, 0.29) is 18.2 Å². The Labute approximate surface area is 167 Å². The highest BCUT2D eigenvalue weighted by atomic mass is 35.5. The lowest BCUT2D eigenvalue weighted by Crippen LogP contribution is -2.36. The average Bonchev–Trinajstić information content (AvgIpc) is 2.71. The molecule has 0 bridgehead atoms. The molecule has 2 aromatic rings. The van der Waals surface area contributed by atoms with E-state index in [0.717, 1.165) is 19.3 Å². The third-order valence-corrected chi connectivity index (χ3v) is 4.78. The lowest BCUT2D eigenvalue weighted by molar-refractivity contribution is -0.118. The highest BCUT2D eigenvalue weighted by Gasteiger charge is 2.20. The number of anilines is 1. The van der Waals surface area contributed by atoms with E-state index in [4.69, 9.17) is 16.3 Å². The molecule has 0 aliphatic carbocycles. The van der Waals surface area contributed by atoms with Crippen LogP contribution in [0.25, 0.3) is 0 Å². The van der Waals surface area contributed by atoms with E-state index in [1.165, 1.54) is 16.8 Å². The van der Waals surface area contributed by atoms with Gasteiger partial charge in [0.15, 0.2) is 6.61 Å². The van der Waals surface area contributed by atoms with E-state index in [0.29, 0.717) is 29.4 Å². The van der Waals surface area contributed by atoms with Gasteiger partial charge in [0.1, 0.15) is 11.4 Å². The Kier molecular flexibility index (Phi) is 6.36. The summed E-state index contributed by atoms with van der Waals surface area (Å²) < 4.78 is 6.68. The normalized spacial score (nSPS) is 13.9. The lowest BCUT2D eigenvalue weighted by atomic mass is 10.1. The zero-order chi connectivity index (χ0) is 20.1. The molecular weight excluding hydrogens is 382 g/mol. The number of ether oxygens (including phenoxy) is 1. The molecule has 1 aromatic carbocycles. The molecule has 2 heterocycles. The zero-order valence-electron chi connectivity index (χ0n) is 15.6. The molecule has 1 aliphatic rings. The molecule has 148 valence electrons. The Bertz CT molecular complexity index is 918. The molecule has 0 unspecified atom stereocenters. The van der Waals surface area contributed by atoms with Crippen LogP contribution in [-0.2, 0) is 11.8 Å². The molecule has 7 nitrogen and oxygen atoms in total. The summed E-state index contributed by atoms with van der Waals surface area (Å²) in [5.74, 6) is -0.140. The smallest absolute Gasteiger partial charge is 0.274 e. The first kappa shape index (κ1) is 19.9. The number of carbonyl (C=O) groups excluding carboxylic acids is 2. The SMILES string of the molecule is Cn1cc(C(=O)N2CCCCC2)cc(NC(=O)COc2ccc(Cl)cc2)c1=O. The number of halogens is 1. The highest BCUT2D eigenvalue weighted by molar-refractivity contribution is 6.30. The number of nitrogens with zero attached hydrogens (tertiary/aromatic N) is 2. The number of pyridine rings is 1. The van der Waals surface area contributed by atoms with Crippen molar-refractivity contribution in [3.05, 3.63) is 57.5 Å². The largest absolute Gasteiger partial charge is 0.484 e. The van der Waals surface area contributed by atoms with Crippen molar-refractivity contribution in [1.29, 1.82) is 0 Å². The number of nitrogens with one attached hydrogen (secondary N) is 1. The van der Waals surface area contributed by atoms with Crippen LogP contribution >= 0.6 is 11.6 Å². The minimum Gasteiger partial charge on any atom is -0.484 e. The molecule has 0 spiro atoms. The topological polar surface area (TPSA) is 80.6 Å². The van der Waals surface area contributed by atoms with Crippen LogP contribution < -0.4 is 15.6 Å². The molecule has 0 saturated carbocycles. The quantitative estimate of drug-likeness (QED) is 0.832. The van der Waals surface area contributed by atoms with Gasteiger partial charge in [-0.3, -0.25) is 14.4 Å². The van der Waals surface area contributed by atoms with Gasteiger partial charge in [0.25, 0.3) is 17.4 Å². The van der Waals surface area contributed by atoms with Gasteiger partial charge in [0, 0.05) is 31.4 Å². The van der Waals surface area contributed by atoms with Crippen LogP contribution in [-0.4, -0.2) is 41.0 Å². The van der Waals surface area contributed by atoms with Crippen molar-refractivity contribution < 1.29 is 14.3 Å². The van der Waals surface area contributed by atoms with E-state index < -0.39 is 11.5 Å². The molecule has 28 heavy (non-hydrogen) atoms. The van der Waals surface area contributed by atoms with Crippen molar-refractivity contribution in [1.82, 2.24) is 9.47 Å². The van der Waals surface area contributed by atoms with Crippen LogP contribution in [0.15, 0.2) is 41.3 Å². The fourth-order valence-electron chi connectivity index (χ4n) is 3.06. The Hall–Kier alpha value is -2.80. The number of hydrogen-bond acceptors (Lipinski definition) is 4. The van der Waals surface area contributed by atoms with Crippen LogP contribution in [0.4, 0.5) is 5.69 Å². The number of aryl methyl sites for hydroxylation is 1. The first-order valence-electron chi connectivity index (χ1n) is 9.12. The van der Waals surface area contributed by atoms with Gasteiger partial charge >= 0.3 is 0 Å². The predicted molar refractivity (Wildman–Crippen MR) is 107 cm³/mol. The molecule has 2 amide bonds. The maximum Gasteiger partial charge on any atom is 0.274 e. The van der Waals surface area contributed by atoms with E-state index >= 15 is 0 Å². The van der Waals surface area contributed by atoms with Crippen molar-refractivity contribution >= 4 is 29.1 Å². The van der Waals surface area contributed by atoms with Crippen molar-refractivity contribution in [2.24, 2.45) is 7.05 Å². The van der Waals surface area contributed by atoms with E-state index in [2.05, 4.69) is 5.32 Å². The van der Waals surface area contributed by atoms with Crippen molar-refractivity contribution in [3.63, 3.8) is 0 Å². The van der Waals surface area contributed by atoms with Crippen molar-refractivity contribution in [2.45, 2.75) is 19.3 Å². The number of aromatic nitrogens is 1. The van der Waals surface area contributed by atoms with Gasteiger partial charge in [-0.25, -0.2) is 0 Å². The third-order valence-electron chi connectivity index (χ3n) is 4.53. The summed E-state index contributed by atoms with van der Waals surface area (Å²) in [5.41, 5.74) is 0.0306. The molecule has 1 fully saturated rings. The third kappa shape index (κ3) is 4.92. The van der Waals surface area contributed by atoms with Gasteiger partial charge in [-0.15, -0.1) is 0 Å². The van der Waals surface area contributed by atoms with Gasteiger partial charge in [-0.2, -0.15) is 0 Å². The summed E-state index contributed by atoms with van der Waals surface area (Å²) in [5, 5.41) is 3.10. The van der Waals surface area contributed by atoms with Crippen LogP contribution in [0, 0.1) is 0 Å². The predicted octanol–water partition coefficient (Wildman–Crippen LogP) is 2.68. The molecule has 0 atom stereocenters. The van der Waals surface area contributed by atoms with E-state index in [1.807, 2.05) is 0 Å². The summed E-state index contributed by atoms with van der Waals surface area (Å²) in [6.07, 6.45) is 4.57. The number of rotatable bonds is 5. The highest BCUT2D eigenvalue weighted by Crippen LogP contribution is 2.16.